The van der Waals surface area contributed by atoms with E-state index in [-0.39, 0.29) is 5.91 Å². The molecule has 0 atom stereocenters. The summed E-state index contributed by atoms with van der Waals surface area (Å²) in [5.41, 5.74) is 0.681. The lowest BCUT2D eigenvalue weighted by molar-refractivity contribution is 0.0953. The van der Waals surface area contributed by atoms with Gasteiger partial charge in [0.2, 0.25) is 0 Å². The molecule has 1 fully saturated rings. The van der Waals surface area contributed by atoms with E-state index in [1.807, 2.05) is 12.1 Å². The van der Waals surface area contributed by atoms with Crippen molar-refractivity contribution < 1.29 is 4.79 Å². The van der Waals surface area contributed by atoms with Gasteiger partial charge < -0.3 is 15.5 Å². The van der Waals surface area contributed by atoms with Gasteiger partial charge in [-0.25, -0.2) is 4.98 Å². The van der Waals surface area contributed by atoms with Crippen molar-refractivity contribution >= 4 is 11.7 Å². The third kappa shape index (κ3) is 3.67. The van der Waals surface area contributed by atoms with E-state index in [1.165, 1.54) is 0 Å². The number of hydrogen-bond acceptors (Lipinski definition) is 4. The predicted molar refractivity (Wildman–Crippen MR) is 76.6 cm³/mol. The number of carbonyl (C=O) groups is 1. The van der Waals surface area contributed by atoms with Crippen molar-refractivity contribution in [3.05, 3.63) is 23.9 Å². The van der Waals surface area contributed by atoms with Crippen molar-refractivity contribution in [1.82, 2.24) is 15.6 Å². The molecule has 0 aromatic carbocycles. The monoisotopic (exact) mass is 262 g/mol. The molecule has 1 aromatic heterocycles. The topological polar surface area (TPSA) is 57.3 Å². The van der Waals surface area contributed by atoms with Gasteiger partial charge in [0.25, 0.3) is 5.91 Å². The Kier molecular flexibility index (Phi) is 5.15. The van der Waals surface area contributed by atoms with Gasteiger partial charge in [-0.3, -0.25) is 4.79 Å². The maximum atomic E-state index is 12.2. The fraction of sp³-hybridized carbons (Fsp3) is 0.571. The third-order valence-electron chi connectivity index (χ3n) is 3.26. The Hall–Kier alpha value is -1.62. The first-order valence-electron chi connectivity index (χ1n) is 7.02. The van der Waals surface area contributed by atoms with Crippen LogP contribution in [0.25, 0.3) is 0 Å². The van der Waals surface area contributed by atoms with Gasteiger partial charge in [-0.1, -0.05) is 13.3 Å². The number of anilines is 1. The third-order valence-corrected chi connectivity index (χ3v) is 3.26. The molecule has 0 radical (unpaired) electrons. The minimum atomic E-state index is -0.0184. The van der Waals surface area contributed by atoms with Crippen LogP contribution < -0.4 is 15.5 Å². The van der Waals surface area contributed by atoms with Gasteiger partial charge in [0.1, 0.15) is 5.82 Å². The summed E-state index contributed by atoms with van der Waals surface area (Å²) in [7, 11) is 0. The van der Waals surface area contributed by atoms with Crippen LogP contribution in [0.1, 0.15) is 30.1 Å². The van der Waals surface area contributed by atoms with Crippen molar-refractivity contribution in [2.75, 3.05) is 37.6 Å². The highest BCUT2D eigenvalue weighted by Gasteiger charge is 2.18. The number of piperazine rings is 1. The van der Waals surface area contributed by atoms with Crippen molar-refractivity contribution in [3.63, 3.8) is 0 Å². The first-order chi connectivity index (χ1) is 9.33. The van der Waals surface area contributed by atoms with Crippen molar-refractivity contribution in [2.45, 2.75) is 19.8 Å². The SMILES string of the molecule is CCCCNC(=O)c1cccnc1N1CCNCC1. The van der Waals surface area contributed by atoms with Crippen molar-refractivity contribution in [1.29, 1.82) is 0 Å². The molecule has 2 rings (SSSR count). The predicted octanol–water partition coefficient (Wildman–Crippen LogP) is 1.02. The van der Waals surface area contributed by atoms with E-state index in [0.29, 0.717) is 5.56 Å². The van der Waals surface area contributed by atoms with Gasteiger partial charge in [-0.15, -0.1) is 0 Å². The summed E-state index contributed by atoms with van der Waals surface area (Å²) in [4.78, 5) is 18.8. The number of rotatable bonds is 5. The molecular formula is C14H22N4O. The Labute approximate surface area is 114 Å². The van der Waals surface area contributed by atoms with Crippen LogP contribution in [-0.2, 0) is 0 Å². The molecule has 0 bridgehead atoms. The van der Waals surface area contributed by atoms with Crippen LogP contribution in [-0.4, -0.2) is 43.6 Å². The van der Waals surface area contributed by atoms with Gasteiger partial charge >= 0.3 is 0 Å². The molecule has 2 heterocycles. The molecule has 2 N–H and O–H groups in total. The quantitative estimate of drug-likeness (QED) is 0.778. The summed E-state index contributed by atoms with van der Waals surface area (Å²) >= 11 is 0. The molecule has 5 heteroatoms. The molecule has 1 aromatic rings. The Morgan fingerprint density at radius 2 is 2.26 bits per heavy atom. The Morgan fingerprint density at radius 1 is 1.47 bits per heavy atom. The number of hydrogen-bond donors (Lipinski definition) is 2. The molecule has 5 nitrogen and oxygen atoms in total. The summed E-state index contributed by atoms with van der Waals surface area (Å²) in [5, 5.41) is 6.26. The second-order valence-corrected chi connectivity index (χ2v) is 4.72. The van der Waals surface area contributed by atoms with Gasteiger partial charge in [0.05, 0.1) is 5.56 Å². The van der Waals surface area contributed by atoms with Crippen LogP contribution in [0.3, 0.4) is 0 Å². The van der Waals surface area contributed by atoms with Crippen LogP contribution in [0.2, 0.25) is 0 Å². The highest BCUT2D eigenvalue weighted by molar-refractivity contribution is 5.98. The lowest BCUT2D eigenvalue weighted by atomic mass is 10.2. The Morgan fingerprint density at radius 3 is 3.00 bits per heavy atom. The maximum Gasteiger partial charge on any atom is 0.255 e. The van der Waals surface area contributed by atoms with Gasteiger partial charge in [0, 0.05) is 38.9 Å². The second-order valence-electron chi connectivity index (χ2n) is 4.72. The lowest BCUT2D eigenvalue weighted by Gasteiger charge is -2.29. The fourth-order valence-corrected chi connectivity index (χ4v) is 2.18. The summed E-state index contributed by atoms with van der Waals surface area (Å²) in [6.45, 7) is 6.51. The number of unbranched alkanes of at least 4 members (excludes halogenated alkanes) is 1. The zero-order valence-corrected chi connectivity index (χ0v) is 11.5. The Balaban J connectivity index is 2.08. The molecular weight excluding hydrogens is 240 g/mol. The summed E-state index contributed by atoms with van der Waals surface area (Å²) in [6.07, 6.45) is 3.84. The average molecular weight is 262 g/mol. The van der Waals surface area contributed by atoms with Gasteiger partial charge in [-0.05, 0) is 18.6 Å². The summed E-state index contributed by atoms with van der Waals surface area (Å²) in [5.74, 6) is 0.785. The maximum absolute atomic E-state index is 12.2. The van der Waals surface area contributed by atoms with Crippen LogP contribution in [0.4, 0.5) is 5.82 Å². The van der Waals surface area contributed by atoms with Gasteiger partial charge in [-0.2, -0.15) is 0 Å². The largest absolute Gasteiger partial charge is 0.353 e. The normalized spacial score (nSPS) is 15.3. The van der Waals surface area contributed by atoms with E-state index in [4.69, 9.17) is 0 Å². The lowest BCUT2D eigenvalue weighted by Crippen LogP contribution is -2.44. The summed E-state index contributed by atoms with van der Waals surface area (Å²) < 4.78 is 0. The van der Waals surface area contributed by atoms with Crippen molar-refractivity contribution in [2.24, 2.45) is 0 Å². The van der Waals surface area contributed by atoms with Gasteiger partial charge in [0.15, 0.2) is 0 Å². The van der Waals surface area contributed by atoms with E-state index in [1.54, 1.807) is 6.20 Å². The Bertz CT molecular complexity index is 416. The fourth-order valence-electron chi connectivity index (χ4n) is 2.18. The number of nitrogens with one attached hydrogen (secondary N) is 2. The molecule has 1 aliphatic heterocycles. The zero-order chi connectivity index (χ0) is 13.5. The molecule has 0 spiro atoms. The molecule has 1 amide bonds. The molecule has 104 valence electrons. The number of amides is 1. The second kappa shape index (κ2) is 7.09. The molecule has 1 aliphatic rings. The van der Waals surface area contributed by atoms with E-state index in [0.717, 1.165) is 51.4 Å². The molecule has 0 unspecified atom stereocenters. The minimum absolute atomic E-state index is 0.0184. The van der Waals surface area contributed by atoms with Crippen LogP contribution >= 0.6 is 0 Å². The molecule has 19 heavy (non-hydrogen) atoms. The number of nitrogens with zero attached hydrogens (tertiary/aromatic N) is 2. The first-order valence-corrected chi connectivity index (χ1v) is 7.02. The highest BCUT2D eigenvalue weighted by atomic mass is 16.1. The van der Waals surface area contributed by atoms with E-state index < -0.39 is 0 Å². The van der Waals surface area contributed by atoms with E-state index in [9.17, 15) is 4.79 Å². The molecule has 0 aliphatic carbocycles. The van der Waals surface area contributed by atoms with Crippen LogP contribution in [0.15, 0.2) is 18.3 Å². The highest BCUT2D eigenvalue weighted by Crippen LogP contribution is 2.17. The standard InChI is InChI=1S/C14H22N4O/c1-2-3-6-17-14(19)12-5-4-7-16-13(12)18-10-8-15-9-11-18/h4-5,7,15H,2-3,6,8-11H2,1H3,(H,17,19). The number of carbonyl (C=O) groups excluding carboxylic acids is 1. The molecule has 1 saturated heterocycles. The van der Waals surface area contributed by atoms with Crippen LogP contribution in [0.5, 0.6) is 0 Å². The first kappa shape index (κ1) is 13.8. The smallest absolute Gasteiger partial charge is 0.255 e. The van der Waals surface area contributed by atoms with Crippen LogP contribution in [0, 0.1) is 0 Å². The zero-order valence-electron chi connectivity index (χ0n) is 11.5. The number of aromatic nitrogens is 1. The van der Waals surface area contributed by atoms with E-state index >= 15 is 0 Å². The summed E-state index contributed by atoms with van der Waals surface area (Å²) in [6, 6.07) is 3.67. The van der Waals surface area contributed by atoms with E-state index in [2.05, 4.69) is 27.4 Å². The number of pyridine rings is 1. The molecule has 0 saturated carbocycles. The van der Waals surface area contributed by atoms with Crippen molar-refractivity contribution in [3.8, 4) is 0 Å². The average Bonchev–Trinajstić information content (AvgIpc) is 2.48. The minimum Gasteiger partial charge on any atom is -0.353 e.